The first kappa shape index (κ1) is 13.1. The molecule has 6 nitrogen and oxygen atoms in total. The second kappa shape index (κ2) is 5.56. The van der Waals surface area contributed by atoms with Gasteiger partial charge in [0, 0.05) is 32.2 Å². The van der Waals surface area contributed by atoms with Crippen molar-refractivity contribution in [3.8, 4) is 0 Å². The SMILES string of the molecule is CC(C(=N)N)N1CCN(C(=O)NC2CCC2)CC1. The fourth-order valence-corrected chi connectivity index (χ4v) is 2.33. The van der Waals surface area contributed by atoms with Gasteiger partial charge in [0.05, 0.1) is 6.04 Å². The molecule has 1 unspecified atom stereocenters. The maximum absolute atomic E-state index is 11.9. The van der Waals surface area contributed by atoms with E-state index in [9.17, 15) is 4.79 Å². The summed E-state index contributed by atoms with van der Waals surface area (Å²) in [7, 11) is 0. The molecule has 0 radical (unpaired) electrons. The fourth-order valence-electron chi connectivity index (χ4n) is 2.33. The van der Waals surface area contributed by atoms with Crippen LogP contribution in [0.5, 0.6) is 0 Å². The largest absolute Gasteiger partial charge is 0.386 e. The van der Waals surface area contributed by atoms with Gasteiger partial charge in [-0.15, -0.1) is 0 Å². The number of nitrogens with two attached hydrogens (primary N) is 1. The minimum atomic E-state index is -0.0261. The van der Waals surface area contributed by atoms with Crippen molar-refractivity contribution < 1.29 is 4.79 Å². The van der Waals surface area contributed by atoms with Gasteiger partial charge in [0.25, 0.3) is 0 Å². The van der Waals surface area contributed by atoms with E-state index < -0.39 is 0 Å². The Morgan fingerprint density at radius 1 is 1.33 bits per heavy atom. The van der Waals surface area contributed by atoms with Crippen molar-refractivity contribution in [2.45, 2.75) is 38.3 Å². The van der Waals surface area contributed by atoms with Crippen LogP contribution < -0.4 is 11.1 Å². The average molecular weight is 253 g/mol. The molecule has 0 aromatic heterocycles. The van der Waals surface area contributed by atoms with Crippen molar-refractivity contribution >= 4 is 11.9 Å². The number of rotatable bonds is 3. The molecule has 2 amide bonds. The third-order valence-corrected chi connectivity index (χ3v) is 4.03. The quantitative estimate of drug-likeness (QED) is 0.496. The van der Waals surface area contributed by atoms with Crippen molar-refractivity contribution in [3.05, 3.63) is 0 Å². The van der Waals surface area contributed by atoms with Crippen molar-refractivity contribution in [3.63, 3.8) is 0 Å². The van der Waals surface area contributed by atoms with Gasteiger partial charge in [0.1, 0.15) is 5.84 Å². The number of piperazine rings is 1. The molecule has 1 saturated heterocycles. The Morgan fingerprint density at radius 2 is 1.94 bits per heavy atom. The predicted molar refractivity (Wildman–Crippen MR) is 70.7 cm³/mol. The second-order valence-corrected chi connectivity index (χ2v) is 5.23. The van der Waals surface area contributed by atoms with Crippen molar-refractivity contribution in [2.24, 2.45) is 5.73 Å². The number of amides is 2. The lowest BCUT2D eigenvalue weighted by Crippen LogP contribution is -2.57. The fraction of sp³-hybridized carbons (Fsp3) is 0.833. The Kier molecular flexibility index (Phi) is 4.06. The molecule has 6 heteroatoms. The minimum Gasteiger partial charge on any atom is -0.386 e. The van der Waals surface area contributed by atoms with E-state index in [2.05, 4.69) is 10.2 Å². The lowest BCUT2D eigenvalue weighted by Gasteiger charge is -2.38. The topological polar surface area (TPSA) is 85.5 Å². The molecule has 102 valence electrons. The third-order valence-electron chi connectivity index (χ3n) is 4.03. The molecular formula is C12H23N5O. The Hall–Kier alpha value is -1.30. The van der Waals surface area contributed by atoms with E-state index in [4.69, 9.17) is 11.1 Å². The zero-order chi connectivity index (χ0) is 13.1. The molecule has 2 aliphatic rings. The van der Waals surface area contributed by atoms with Gasteiger partial charge in [0.15, 0.2) is 0 Å². The van der Waals surface area contributed by atoms with Gasteiger partial charge in [-0.25, -0.2) is 4.79 Å². The van der Waals surface area contributed by atoms with E-state index >= 15 is 0 Å². The summed E-state index contributed by atoms with van der Waals surface area (Å²) in [5, 5.41) is 10.5. The van der Waals surface area contributed by atoms with Crippen LogP contribution in [0.1, 0.15) is 26.2 Å². The monoisotopic (exact) mass is 253 g/mol. The van der Waals surface area contributed by atoms with Crippen LogP contribution in [0, 0.1) is 5.41 Å². The van der Waals surface area contributed by atoms with Gasteiger partial charge < -0.3 is 16.0 Å². The van der Waals surface area contributed by atoms with Crippen LogP contribution in [0.2, 0.25) is 0 Å². The molecule has 1 aliphatic heterocycles. The van der Waals surface area contributed by atoms with Crippen molar-refractivity contribution in [1.82, 2.24) is 15.1 Å². The number of carbonyl (C=O) groups excluding carboxylic acids is 1. The normalized spacial score (nSPS) is 23.3. The lowest BCUT2D eigenvalue weighted by atomic mass is 9.93. The average Bonchev–Trinajstić information content (AvgIpc) is 2.32. The van der Waals surface area contributed by atoms with Crippen LogP contribution in [0.3, 0.4) is 0 Å². The van der Waals surface area contributed by atoms with Gasteiger partial charge >= 0.3 is 6.03 Å². The summed E-state index contributed by atoms with van der Waals surface area (Å²) >= 11 is 0. The smallest absolute Gasteiger partial charge is 0.317 e. The van der Waals surface area contributed by atoms with Crippen molar-refractivity contribution in [1.29, 1.82) is 5.41 Å². The molecule has 0 bridgehead atoms. The lowest BCUT2D eigenvalue weighted by molar-refractivity contribution is 0.126. The van der Waals surface area contributed by atoms with Crippen LogP contribution in [-0.2, 0) is 0 Å². The summed E-state index contributed by atoms with van der Waals surface area (Å²) in [6.45, 7) is 4.95. The molecule has 1 saturated carbocycles. The van der Waals surface area contributed by atoms with Crippen LogP contribution in [0.15, 0.2) is 0 Å². The maximum atomic E-state index is 11.9. The molecule has 2 fully saturated rings. The standard InChI is InChI=1S/C12H23N5O/c1-9(11(13)14)16-5-7-17(8-6-16)12(18)15-10-3-2-4-10/h9-10H,2-8H2,1H3,(H3,13,14)(H,15,18). The number of urea groups is 1. The van der Waals surface area contributed by atoms with E-state index in [0.717, 1.165) is 39.0 Å². The molecule has 2 rings (SSSR count). The van der Waals surface area contributed by atoms with Gasteiger partial charge in [-0.3, -0.25) is 10.3 Å². The summed E-state index contributed by atoms with van der Waals surface area (Å²) < 4.78 is 0. The first-order chi connectivity index (χ1) is 8.58. The highest BCUT2D eigenvalue weighted by atomic mass is 16.2. The number of hydrogen-bond acceptors (Lipinski definition) is 3. The summed E-state index contributed by atoms with van der Waals surface area (Å²) in [6.07, 6.45) is 3.47. The molecule has 1 aliphatic carbocycles. The van der Waals surface area contributed by atoms with Crippen LogP contribution >= 0.6 is 0 Å². The van der Waals surface area contributed by atoms with Gasteiger partial charge in [-0.2, -0.15) is 0 Å². The predicted octanol–water partition coefficient (Wildman–Crippen LogP) is 0.191. The Bertz CT molecular complexity index is 320. The minimum absolute atomic E-state index is 0.0261. The Morgan fingerprint density at radius 3 is 2.39 bits per heavy atom. The number of nitrogens with zero attached hydrogens (tertiary/aromatic N) is 2. The Balaban J connectivity index is 1.75. The number of hydrogen-bond donors (Lipinski definition) is 3. The first-order valence-electron chi connectivity index (χ1n) is 6.71. The molecule has 18 heavy (non-hydrogen) atoms. The molecule has 4 N–H and O–H groups in total. The number of nitrogens with one attached hydrogen (secondary N) is 2. The van der Waals surface area contributed by atoms with Gasteiger partial charge in [-0.05, 0) is 26.2 Å². The number of amidine groups is 1. The third kappa shape index (κ3) is 2.93. The van der Waals surface area contributed by atoms with Crippen LogP contribution in [0.25, 0.3) is 0 Å². The van der Waals surface area contributed by atoms with E-state index in [0.29, 0.717) is 6.04 Å². The molecule has 0 aromatic rings. The molecule has 1 heterocycles. The summed E-state index contributed by atoms with van der Waals surface area (Å²) in [5.74, 6) is 0.197. The summed E-state index contributed by atoms with van der Waals surface area (Å²) in [6, 6.07) is 0.434. The highest BCUT2D eigenvalue weighted by Crippen LogP contribution is 2.18. The Labute approximate surface area is 108 Å². The van der Waals surface area contributed by atoms with Crippen LogP contribution in [0.4, 0.5) is 4.79 Å². The first-order valence-corrected chi connectivity index (χ1v) is 6.71. The maximum Gasteiger partial charge on any atom is 0.317 e. The van der Waals surface area contributed by atoms with Crippen molar-refractivity contribution in [2.75, 3.05) is 26.2 Å². The zero-order valence-corrected chi connectivity index (χ0v) is 11.0. The highest BCUT2D eigenvalue weighted by Gasteiger charge is 2.27. The molecular weight excluding hydrogens is 230 g/mol. The van der Waals surface area contributed by atoms with E-state index in [1.54, 1.807) is 0 Å². The second-order valence-electron chi connectivity index (χ2n) is 5.23. The summed E-state index contributed by atoms with van der Waals surface area (Å²) in [5.41, 5.74) is 5.50. The number of carbonyl (C=O) groups is 1. The van der Waals surface area contributed by atoms with E-state index in [1.807, 2.05) is 11.8 Å². The summed E-state index contributed by atoms with van der Waals surface area (Å²) in [4.78, 5) is 16.0. The van der Waals surface area contributed by atoms with Gasteiger partial charge in [-0.1, -0.05) is 0 Å². The molecule has 1 atom stereocenters. The zero-order valence-electron chi connectivity index (χ0n) is 11.0. The van der Waals surface area contributed by atoms with E-state index in [-0.39, 0.29) is 17.9 Å². The molecule has 0 aromatic carbocycles. The van der Waals surface area contributed by atoms with E-state index in [1.165, 1.54) is 6.42 Å². The highest BCUT2D eigenvalue weighted by molar-refractivity contribution is 5.82. The molecule has 0 spiro atoms. The van der Waals surface area contributed by atoms with Gasteiger partial charge in [0.2, 0.25) is 0 Å². The van der Waals surface area contributed by atoms with Crippen LogP contribution in [-0.4, -0.2) is 59.9 Å².